The van der Waals surface area contributed by atoms with E-state index in [9.17, 15) is 19.5 Å². The third-order valence-electron chi connectivity index (χ3n) is 8.06. The summed E-state index contributed by atoms with van der Waals surface area (Å²) in [6.07, 6.45) is 0.333. The van der Waals surface area contributed by atoms with Crippen LogP contribution in [0, 0.1) is 11.8 Å². The highest BCUT2D eigenvalue weighted by molar-refractivity contribution is 6.10. The fraction of sp³-hybridized carbons (Fsp3) is 0.270. The summed E-state index contributed by atoms with van der Waals surface area (Å²) in [5.74, 6) is -3.99. The molecular weight excluding hydrogens is 568 g/mol. The lowest BCUT2D eigenvalue weighted by molar-refractivity contribution is -0.150. The number of aliphatic hydroxyl groups is 1. The van der Waals surface area contributed by atoms with Crippen LogP contribution in [0.1, 0.15) is 37.3 Å². The van der Waals surface area contributed by atoms with Crippen LogP contribution in [0.3, 0.4) is 0 Å². The topological polar surface area (TPSA) is 114 Å². The smallest absolute Gasteiger partial charge is 0.235 e. The van der Waals surface area contributed by atoms with Crippen LogP contribution in [0.2, 0.25) is 0 Å². The first-order chi connectivity index (χ1) is 21.8. The van der Waals surface area contributed by atoms with E-state index in [1.807, 2.05) is 49.4 Å². The minimum Gasteiger partial charge on any atom is -0.490 e. The maximum atomic E-state index is 14.0. The van der Waals surface area contributed by atoms with Gasteiger partial charge in [0.15, 0.2) is 11.5 Å². The molecule has 1 aliphatic rings. The number of anilines is 2. The number of amides is 2. The first-order valence-electron chi connectivity index (χ1n) is 15.2. The van der Waals surface area contributed by atoms with Crippen molar-refractivity contribution in [1.82, 2.24) is 0 Å². The predicted octanol–water partition coefficient (Wildman–Crippen LogP) is 6.02. The van der Waals surface area contributed by atoms with Crippen LogP contribution in [0.4, 0.5) is 11.4 Å². The van der Waals surface area contributed by atoms with Gasteiger partial charge in [-0.1, -0.05) is 72.8 Å². The van der Waals surface area contributed by atoms with Crippen molar-refractivity contribution in [2.24, 2.45) is 11.8 Å². The quantitative estimate of drug-likeness (QED) is 0.180. The van der Waals surface area contributed by atoms with E-state index < -0.39 is 41.0 Å². The van der Waals surface area contributed by atoms with E-state index in [0.717, 1.165) is 5.56 Å². The number of para-hydroxylation sites is 2. The van der Waals surface area contributed by atoms with Crippen LogP contribution >= 0.6 is 0 Å². The number of ketones is 1. The molecule has 0 radical (unpaired) electrons. The number of hydrogen-bond donors (Lipinski definition) is 3. The number of benzene rings is 4. The molecular formula is C37H38N2O6. The molecule has 4 unspecified atom stereocenters. The second kappa shape index (κ2) is 14.2. The molecule has 8 heteroatoms. The summed E-state index contributed by atoms with van der Waals surface area (Å²) in [5.41, 5.74) is 0.962. The minimum atomic E-state index is -1.74. The molecule has 0 spiro atoms. The lowest BCUT2D eigenvalue weighted by Gasteiger charge is -2.44. The number of carbonyl (C=O) groups is 3. The van der Waals surface area contributed by atoms with Crippen molar-refractivity contribution in [3.63, 3.8) is 0 Å². The molecule has 0 aromatic heterocycles. The van der Waals surface area contributed by atoms with Gasteiger partial charge in [-0.25, -0.2) is 0 Å². The van der Waals surface area contributed by atoms with Gasteiger partial charge in [0.05, 0.1) is 24.7 Å². The third kappa shape index (κ3) is 7.59. The maximum Gasteiger partial charge on any atom is 0.235 e. The number of carbonyl (C=O) groups excluding carboxylic acids is 3. The Labute approximate surface area is 263 Å². The highest BCUT2D eigenvalue weighted by Crippen LogP contribution is 2.48. The van der Waals surface area contributed by atoms with E-state index in [0.29, 0.717) is 48.1 Å². The largest absolute Gasteiger partial charge is 0.490 e. The standard InChI is InChI=1S/C37H38N2O6/c1-3-44-31-23-26(19-20-30(31)45-22-21-25-13-7-4-8-14-25)32-33(35(41)38-27-15-9-5-10-16-27)29(40)24-37(2,43)34(32)36(42)39-28-17-11-6-12-18-28/h4-20,23,32-34,43H,3,21-22,24H2,1-2H3,(H,38,41)(H,39,42). The van der Waals surface area contributed by atoms with Crippen LogP contribution in [0.15, 0.2) is 109 Å². The van der Waals surface area contributed by atoms with E-state index in [1.165, 1.54) is 6.92 Å². The van der Waals surface area contributed by atoms with Gasteiger partial charge < -0.3 is 25.2 Å². The molecule has 1 saturated carbocycles. The van der Waals surface area contributed by atoms with E-state index >= 15 is 0 Å². The Kier molecular flexibility index (Phi) is 9.95. The lowest BCUT2D eigenvalue weighted by atomic mass is 9.61. The van der Waals surface area contributed by atoms with Crippen molar-refractivity contribution in [2.45, 2.75) is 38.2 Å². The number of ether oxygens (including phenoxy) is 2. The molecule has 5 rings (SSSR count). The van der Waals surface area contributed by atoms with E-state index in [-0.39, 0.29) is 6.42 Å². The minimum absolute atomic E-state index is 0.343. The Hall–Kier alpha value is -4.95. The molecule has 2 amide bonds. The van der Waals surface area contributed by atoms with Crippen molar-refractivity contribution < 1.29 is 29.0 Å². The molecule has 0 aliphatic heterocycles. The van der Waals surface area contributed by atoms with Crippen molar-refractivity contribution in [3.8, 4) is 11.5 Å². The summed E-state index contributed by atoms with van der Waals surface area (Å²) in [6, 6.07) is 32.9. The van der Waals surface area contributed by atoms with Gasteiger partial charge in [-0.05, 0) is 61.4 Å². The second-order valence-corrected chi connectivity index (χ2v) is 11.4. The molecule has 45 heavy (non-hydrogen) atoms. The first-order valence-corrected chi connectivity index (χ1v) is 15.2. The zero-order valence-electron chi connectivity index (χ0n) is 25.4. The van der Waals surface area contributed by atoms with Crippen molar-refractivity contribution >= 4 is 29.0 Å². The fourth-order valence-corrected chi connectivity index (χ4v) is 6.02. The molecule has 1 fully saturated rings. The SMILES string of the molecule is CCOc1cc(C2C(C(=O)Nc3ccccc3)C(=O)CC(C)(O)C2C(=O)Nc2ccccc2)ccc1OCCc1ccccc1. The van der Waals surface area contributed by atoms with Crippen LogP contribution in [0.25, 0.3) is 0 Å². The third-order valence-corrected chi connectivity index (χ3v) is 8.06. The molecule has 3 N–H and O–H groups in total. The number of rotatable bonds is 11. The molecule has 232 valence electrons. The number of hydrogen-bond acceptors (Lipinski definition) is 6. The zero-order chi connectivity index (χ0) is 31.8. The van der Waals surface area contributed by atoms with Crippen LogP contribution in [-0.4, -0.2) is 41.5 Å². The Morgan fingerprint density at radius 3 is 1.98 bits per heavy atom. The molecule has 8 nitrogen and oxygen atoms in total. The first kappa shape index (κ1) is 31.5. The van der Waals surface area contributed by atoms with Gasteiger partial charge in [0.1, 0.15) is 11.7 Å². The van der Waals surface area contributed by atoms with Crippen LogP contribution in [0.5, 0.6) is 11.5 Å². The summed E-state index contributed by atoms with van der Waals surface area (Å²) in [6.45, 7) is 4.07. The number of Topliss-reactive ketones (excluding diaryl/α,β-unsaturated/α-hetero) is 1. The molecule has 4 aromatic carbocycles. The Balaban J connectivity index is 1.52. The molecule has 4 atom stereocenters. The Bertz CT molecular complexity index is 1610. The van der Waals surface area contributed by atoms with Crippen molar-refractivity contribution in [1.29, 1.82) is 0 Å². The monoisotopic (exact) mass is 606 g/mol. The van der Waals surface area contributed by atoms with Gasteiger partial charge in [0.2, 0.25) is 11.8 Å². The molecule has 1 aliphatic carbocycles. The summed E-state index contributed by atoms with van der Waals surface area (Å²) in [5, 5.41) is 17.4. The Morgan fingerprint density at radius 2 is 1.38 bits per heavy atom. The van der Waals surface area contributed by atoms with Gasteiger partial charge in [-0.15, -0.1) is 0 Å². The van der Waals surface area contributed by atoms with Gasteiger partial charge in [-0.2, -0.15) is 0 Å². The van der Waals surface area contributed by atoms with Gasteiger partial charge in [0.25, 0.3) is 0 Å². The van der Waals surface area contributed by atoms with Gasteiger partial charge in [-0.3, -0.25) is 14.4 Å². The van der Waals surface area contributed by atoms with Crippen LogP contribution < -0.4 is 20.1 Å². The summed E-state index contributed by atoms with van der Waals surface area (Å²) < 4.78 is 12.1. The van der Waals surface area contributed by atoms with Crippen molar-refractivity contribution in [2.75, 3.05) is 23.8 Å². The molecule has 4 aromatic rings. The predicted molar refractivity (Wildman–Crippen MR) is 173 cm³/mol. The average Bonchev–Trinajstić information content (AvgIpc) is 3.02. The maximum absolute atomic E-state index is 14.0. The van der Waals surface area contributed by atoms with Gasteiger partial charge in [0, 0.05) is 30.1 Å². The van der Waals surface area contributed by atoms with E-state index in [4.69, 9.17) is 9.47 Å². The highest BCUT2D eigenvalue weighted by atomic mass is 16.5. The molecule has 0 bridgehead atoms. The Morgan fingerprint density at radius 1 is 0.800 bits per heavy atom. The molecule has 0 heterocycles. The summed E-state index contributed by atoms with van der Waals surface area (Å²) in [7, 11) is 0. The number of nitrogens with one attached hydrogen (secondary N) is 2. The highest BCUT2D eigenvalue weighted by Gasteiger charge is 2.56. The van der Waals surface area contributed by atoms with Crippen LogP contribution in [-0.2, 0) is 20.8 Å². The summed E-state index contributed by atoms with van der Waals surface area (Å²) >= 11 is 0. The molecule has 0 saturated heterocycles. The second-order valence-electron chi connectivity index (χ2n) is 11.4. The van der Waals surface area contributed by atoms with Crippen molar-refractivity contribution in [3.05, 3.63) is 120 Å². The summed E-state index contributed by atoms with van der Waals surface area (Å²) in [4.78, 5) is 41.5. The zero-order valence-corrected chi connectivity index (χ0v) is 25.4. The lowest BCUT2D eigenvalue weighted by Crippen LogP contribution is -2.56. The fourth-order valence-electron chi connectivity index (χ4n) is 6.02. The van der Waals surface area contributed by atoms with E-state index in [2.05, 4.69) is 10.6 Å². The van der Waals surface area contributed by atoms with Gasteiger partial charge >= 0.3 is 0 Å². The van der Waals surface area contributed by atoms with E-state index in [1.54, 1.807) is 66.7 Å². The average molecular weight is 607 g/mol. The normalized spacial score (nSPS) is 21.0.